The van der Waals surface area contributed by atoms with Crippen LogP contribution < -0.4 is 5.73 Å². The number of hydrogen-bond acceptors (Lipinski definition) is 4. The summed E-state index contributed by atoms with van der Waals surface area (Å²) in [6.07, 6.45) is -2.05. The van der Waals surface area contributed by atoms with E-state index in [2.05, 4.69) is 4.98 Å². The van der Waals surface area contributed by atoms with Crippen molar-refractivity contribution in [1.82, 2.24) is 4.98 Å². The number of amidine groups is 1. The van der Waals surface area contributed by atoms with Crippen molar-refractivity contribution in [2.24, 2.45) is 5.73 Å². The van der Waals surface area contributed by atoms with Gasteiger partial charge in [0.15, 0.2) is 0 Å². The second-order valence-electron chi connectivity index (χ2n) is 6.92. The van der Waals surface area contributed by atoms with Gasteiger partial charge in [-0.2, -0.15) is 13.2 Å². The van der Waals surface area contributed by atoms with E-state index >= 15 is 0 Å². The summed E-state index contributed by atoms with van der Waals surface area (Å²) in [4.78, 5) is 24.5. The number of benzene rings is 2. The smallest absolute Gasteiger partial charge is 0.475 e. The Bertz CT molecular complexity index is 1130. The zero-order valence-electron chi connectivity index (χ0n) is 17.6. The SMILES string of the molecule is COC(=O)c1c(Cc2cccc(C(=N)N)c2)c[nH]c1Cc1ccccc1.O=C(O)C(F)(F)F. The maximum absolute atomic E-state index is 12.4. The lowest BCUT2D eigenvalue weighted by atomic mass is 9.99. The zero-order valence-corrected chi connectivity index (χ0v) is 17.6. The quantitative estimate of drug-likeness (QED) is 0.251. The highest BCUT2D eigenvalue weighted by atomic mass is 19.4. The zero-order chi connectivity index (χ0) is 24.6. The minimum Gasteiger partial charge on any atom is -0.475 e. The third kappa shape index (κ3) is 7.23. The molecule has 0 saturated carbocycles. The van der Waals surface area contributed by atoms with E-state index in [4.69, 9.17) is 25.8 Å². The fourth-order valence-corrected chi connectivity index (χ4v) is 3.02. The Morgan fingerprint density at radius 2 is 1.67 bits per heavy atom. The number of ether oxygens (including phenoxy) is 1. The first-order valence-electron chi connectivity index (χ1n) is 9.57. The molecular formula is C23H22F3N3O4. The average Bonchev–Trinajstić information content (AvgIpc) is 3.15. The summed E-state index contributed by atoms with van der Waals surface area (Å²) in [7, 11) is 1.39. The second-order valence-corrected chi connectivity index (χ2v) is 6.92. The molecule has 3 aromatic rings. The van der Waals surface area contributed by atoms with Crippen LogP contribution in [0.2, 0.25) is 0 Å². The first kappa shape index (κ1) is 25.2. The van der Waals surface area contributed by atoms with Crippen LogP contribution >= 0.6 is 0 Å². The van der Waals surface area contributed by atoms with E-state index in [1.165, 1.54) is 7.11 Å². The van der Waals surface area contributed by atoms with Gasteiger partial charge in [0.1, 0.15) is 5.84 Å². The third-order valence-corrected chi connectivity index (χ3v) is 4.53. The molecule has 174 valence electrons. The number of nitrogens with one attached hydrogen (secondary N) is 2. The predicted molar refractivity (Wildman–Crippen MR) is 115 cm³/mol. The van der Waals surface area contributed by atoms with Crippen molar-refractivity contribution in [1.29, 1.82) is 5.41 Å². The van der Waals surface area contributed by atoms with E-state index in [0.717, 1.165) is 22.4 Å². The van der Waals surface area contributed by atoms with Crippen molar-refractivity contribution in [3.8, 4) is 0 Å². The number of hydrogen-bond donors (Lipinski definition) is 4. The number of alkyl halides is 3. The Morgan fingerprint density at radius 1 is 1.06 bits per heavy atom. The Labute approximate surface area is 187 Å². The van der Waals surface area contributed by atoms with Crippen LogP contribution in [0.15, 0.2) is 60.8 Å². The van der Waals surface area contributed by atoms with Crippen LogP contribution in [0.3, 0.4) is 0 Å². The topological polar surface area (TPSA) is 129 Å². The van der Waals surface area contributed by atoms with Gasteiger partial charge >= 0.3 is 18.1 Å². The maximum atomic E-state index is 12.4. The van der Waals surface area contributed by atoms with Gasteiger partial charge < -0.3 is 20.6 Å². The number of aliphatic carboxylic acids is 1. The molecule has 1 aromatic heterocycles. The Balaban J connectivity index is 0.000000479. The number of aromatic amines is 1. The molecule has 0 aliphatic rings. The highest BCUT2D eigenvalue weighted by Gasteiger charge is 2.38. The standard InChI is InChI=1S/C21H21N3O2.C2HF3O2/c1-26-21(25)19-17(11-15-8-5-9-16(10-15)20(22)23)13-24-18(19)12-14-6-3-2-4-7-14;3-2(4,5)1(6)7/h2-10,13,24H,11-12H2,1H3,(H3,22,23);(H,6,7). The number of carboxylic acids is 1. The monoisotopic (exact) mass is 461 g/mol. The maximum Gasteiger partial charge on any atom is 0.490 e. The van der Waals surface area contributed by atoms with Crippen LogP contribution in [0.1, 0.15) is 38.3 Å². The summed E-state index contributed by atoms with van der Waals surface area (Å²) >= 11 is 0. The van der Waals surface area contributed by atoms with Crippen LogP contribution in [-0.4, -0.2) is 41.2 Å². The molecule has 0 aliphatic carbocycles. The molecule has 1 heterocycles. The highest BCUT2D eigenvalue weighted by Crippen LogP contribution is 2.22. The van der Waals surface area contributed by atoms with Crippen molar-refractivity contribution in [2.75, 3.05) is 7.11 Å². The van der Waals surface area contributed by atoms with E-state index in [1.54, 1.807) is 6.07 Å². The van der Waals surface area contributed by atoms with Crippen LogP contribution in [-0.2, 0) is 22.4 Å². The van der Waals surface area contributed by atoms with Gasteiger partial charge in [-0.05, 0) is 29.2 Å². The van der Waals surface area contributed by atoms with Gasteiger partial charge in [-0.3, -0.25) is 5.41 Å². The van der Waals surface area contributed by atoms with E-state index in [0.29, 0.717) is 24.0 Å². The normalized spacial score (nSPS) is 10.7. The van der Waals surface area contributed by atoms with Gasteiger partial charge in [0, 0.05) is 23.9 Å². The van der Waals surface area contributed by atoms with E-state index in [9.17, 15) is 18.0 Å². The number of methoxy groups -OCH3 is 1. The number of nitrogen functional groups attached to an aromatic ring is 1. The molecule has 0 saturated heterocycles. The number of esters is 1. The van der Waals surface area contributed by atoms with Crippen molar-refractivity contribution in [2.45, 2.75) is 19.0 Å². The summed E-state index contributed by atoms with van der Waals surface area (Å²) in [6.45, 7) is 0. The van der Waals surface area contributed by atoms with E-state index < -0.39 is 12.1 Å². The molecule has 0 unspecified atom stereocenters. The number of H-pyrrole nitrogens is 1. The molecule has 0 atom stereocenters. The summed E-state index contributed by atoms with van der Waals surface area (Å²) in [6, 6.07) is 17.5. The van der Waals surface area contributed by atoms with Gasteiger partial charge in [0.25, 0.3) is 0 Å². The molecule has 0 radical (unpaired) electrons. The summed E-state index contributed by atoms with van der Waals surface area (Å²) in [5.74, 6) is -3.08. The summed E-state index contributed by atoms with van der Waals surface area (Å²) in [5.41, 5.74) is 10.6. The number of halogens is 3. The molecule has 3 rings (SSSR count). The second kappa shape index (κ2) is 11.0. The number of aromatic nitrogens is 1. The Kier molecular flexibility index (Phi) is 8.38. The average molecular weight is 461 g/mol. The van der Waals surface area contributed by atoms with E-state index in [-0.39, 0.29) is 11.8 Å². The largest absolute Gasteiger partial charge is 0.490 e. The summed E-state index contributed by atoms with van der Waals surface area (Å²) in [5, 5.41) is 14.7. The van der Waals surface area contributed by atoms with Crippen LogP contribution in [0.25, 0.3) is 0 Å². The molecule has 0 spiro atoms. The number of carboxylic acid groups (broad SMARTS) is 1. The molecule has 0 bridgehead atoms. The molecular weight excluding hydrogens is 439 g/mol. The number of carbonyl (C=O) groups is 2. The molecule has 0 fully saturated rings. The fourth-order valence-electron chi connectivity index (χ4n) is 3.02. The van der Waals surface area contributed by atoms with Crippen molar-refractivity contribution in [3.05, 3.63) is 94.3 Å². The highest BCUT2D eigenvalue weighted by molar-refractivity contribution is 5.95. The lowest BCUT2D eigenvalue weighted by Gasteiger charge is -2.07. The third-order valence-electron chi connectivity index (χ3n) is 4.53. The van der Waals surface area contributed by atoms with Gasteiger partial charge in [-0.25, -0.2) is 9.59 Å². The molecule has 2 aromatic carbocycles. The number of carbonyl (C=O) groups excluding carboxylic acids is 1. The molecule has 7 nitrogen and oxygen atoms in total. The Morgan fingerprint density at radius 3 is 2.21 bits per heavy atom. The van der Waals surface area contributed by atoms with Crippen LogP contribution in [0, 0.1) is 5.41 Å². The van der Waals surface area contributed by atoms with Crippen molar-refractivity contribution >= 4 is 17.8 Å². The summed E-state index contributed by atoms with van der Waals surface area (Å²) < 4.78 is 36.7. The molecule has 0 amide bonds. The fraction of sp³-hybridized carbons (Fsp3) is 0.174. The van der Waals surface area contributed by atoms with Gasteiger partial charge in [-0.15, -0.1) is 0 Å². The minimum absolute atomic E-state index is 0.0267. The predicted octanol–water partition coefficient (Wildman–Crippen LogP) is 3.90. The van der Waals surface area contributed by atoms with E-state index in [1.807, 2.05) is 54.7 Å². The lowest BCUT2D eigenvalue weighted by molar-refractivity contribution is -0.192. The minimum atomic E-state index is -5.08. The number of rotatable bonds is 6. The molecule has 5 N–H and O–H groups in total. The van der Waals surface area contributed by atoms with Crippen molar-refractivity contribution < 1.29 is 32.6 Å². The van der Waals surface area contributed by atoms with Crippen LogP contribution in [0.5, 0.6) is 0 Å². The van der Waals surface area contributed by atoms with Gasteiger partial charge in [0.2, 0.25) is 0 Å². The van der Waals surface area contributed by atoms with Gasteiger partial charge in [0.05, 0.1) is 12.7 Å². The molecule has 33 heavy (non-hydrogen) atoms. The first-order valence-corrected chi connectivity index (χ1v) is 9.57. The lowest BCUT2D eigenvalue weighted by Crippen LogP contribution is -2.21. The van der Waals surface area contributed by atoms with Crippen molar-refractivity contribution in [3.63, 3.8) is 0 Å². The molecule has 10 heteroatoms. The molecule has 0 aliphatic heterocycles. The van der Waals surface area contributed by atoms with Crippen LogP contribution in [0.4, 0.5) is 13.2 Å². The first-order chi connectivity index (χ1) is 15.5. The van der Waals surface area contributed by atoms with Gasteiger partial charge in [-0.1, -0.05) is 48.5 Å². The Hall–Kier alpha value is -4.08. The number of nitrogens with two attached hydrogens (primary N) is 1.